The van der Waals surface area contributed by atoms with E-state index in [2.05, 4.69) is 80.3 Å². The molecular weight excluding hydrogens is 1660 g/mol. The number of carbonyl (C=O) groups excluding carboxylic acids is 2. The van der Waals surface area contributed by atoms with Gasteiger partial charge in [0.1, 0.15) is 32.7 Å². The summed E-state index contributed by atoms with van der Waals surface area (Å²) in [6.45, 7) is 3.56. The summed E-state index contributed by atoms with van der Waals surface area (Å²) in [5, 5.41) is 91.6. The predicted octanol–water partition coefficient (Wildman–Crippen LogP) is -13.5. The average molecular weight is 1710 g/mol. The van der Waals surface area contributed by atoms with Gasteiger partial charge in [-0.1, -0.05) is 71.5 Å². The molecule has 12 rings (SSSR count). The summed E-state index contributed by atoms with van der Waals surface area (Å²) in [5.41, 5.74) is -4.09. The summed E-state index contributed by atoms with van der Waals surface area (Å²) in [7, 11) is -18.9. The molecule has 0 aliphatic rings. The van der Waals surface area contributed by atoms with Crippen molar-refractivity contribution in [1.82, 2.24) is 29.9 Å². The van der Waals surface area contributed by atoms with Gasteiger partial charge in [0.2, 0.25) is 33.7 Å². The second kappa shape index (κ2) is 39.8. The Morgan fingerprint density at radius 1 is 0.362 bits per heavy atom. The number of aromatic nitrogens is 6. The van der Waals surface area contributed by atoms with E-state index in [0.717, 1.165) is 47.5 Å². The van der Waals surface area contributed by atoms with Crippen molar-refractivity contribution in [2.75, 3.05) is 14.2 Å². The summed E-state index contributed by atoms with van der Waals surface area (Å²) in [5.74, 6) is -8.27. The maximum absolute atomic E-state index is 14.8. The third-order valence-corrected chi connectivity index (χ3v) is 19.1. The molecule has 0 unspecified atom stereocenters. The predicted molar refractivity (Wildman–Crippen MR) is 373 cm³/mol. The standard InChI is InChI=1S/C68H54N16O22S4.6Na/c1-31-7-5-9-37(19-31)69-63-75-65(71-39-13-17-49(85)43(27-39)61(89)90)79-67(77-63)73-47-29-41(107(93,94)95)21-35-25-53(109(99,100)101)57(59(87)55(35)47)83-81-45-15-11-33(23-51(45)105-3)34-12-16-46(52(24-34)106-4)82-84-58-54(110(102,103)104)26-36-22-42(108(96,97)98)30-48(56(36)60(58)88)74-68-78-64(70-38-10-6-8-32(2)20-38)76-66(80-68)72-40-14-18-50(86)44(28-40)62(91)92;;;;;;/h5-30,85-88H,1-4H3,(H,89,90)(H,91,92)(H,93,94,95)(H,96,97,98)(H,99,100,101)(H,102,103,104)(H3,69,71,73,75,77,79)(H3,70,72,74,76,78,80);;;;;;/q;6*+1/p-6. The van der Waals surface area contributed by atoms with Crippen LogP contribution in [0.2, 0.25) is 0 Å². The number of nitrogens with zero attached hydrogens (tertiary/aromatic N) is 10. The molecule has 2 heterocycles. The Morgan fingerprint density at radius 2 is 0.681 bits per heavy atom. The second-order valence-corrected chi connectivity index (χ2v) is 29.0. The second-order valence-electron chi connectivity index (χ2n) is 23.4. The molecule has 0 atom stereocenters. The molecule has 48 heteroatoms. The van der Waals surface area contributed by atoms with E-state index in [0.29, 0.717) is 46.8 Å². The number of hydrogen-bond acceptors (Lipinski definition) is 28. The van der Waals surface area contributed by atoms with Crippen LogP contribution in [0, 0.1) is 13.8 Å². The van der Waals surface area contributed by atoms with Crippen LogP contribution in [-0.2, 0) is 40.5 Å². The Hall–Kier alpha value is -7.88. The minimum Gasteiger partial charge on any atom is -0.872 e. The van der Waals surface area contributed by atoms with Gasteiger partial charge in [0.15, 0.2) is 0 Å². The number of benzene rings is 10. The van der Waals surface area contributed by atoms with E-state index >= 15 is 0 Å². The average Bonchev–Trinajstić information content (AvgIpc) is 0.749. The van der Waals surface area contributed by atoms with Crippen molar-refractivity contribution >= 4 is 131 Å². The first-order chi connectivity index (χ1) is 52.0. The van der Waals surface area contributed by atoms with E-state index < -0.39 is 162 Å². The largest absolute Gasteiger partial charge is 1.00 e. The van der Waals surface area contributed by atoms with Crippen molar-refractivity contribution in [3.05, 3.63) is 214 Å². The minimum absolute atomic E-state index is 0. The van der Waals surface area contributed by atoms with Crippen molar-refractivity contribution in [2.45, 2.75) is 33.4 Å². The number of hydrogen-bond donors (Lipinski definition) is 10. The topological polar surface area (TPSA) is 627 Å². The Labute approximate surface area is 786 Å². The maximum Gasteiger partial charge on any atom is 1.00 e. The molecule has 10 N–H and O–H groups in total. The van der Waals surface area contributed by atoms with E-state index in [-0.39, 0.29) is 234 Å². The molecule has 0 fully saturated rings. The number of azo groups is 2. The van der Waals surface area contributed by atoms with E-state index in [4.69, 9.17) is 9.47 Å². The molecule has 0 aliphatic heterocycles. The zero-order valence-corrected chi connectivity index (χ0v) is 77.5. The number of nitrogens with one attached hydrogen (secondary N) is 6. The van der Waals surface area contributed by atoms with Crippen LogP contribution in [0.1, 0.15) is 31.8 Å². The Balaban J connectivity index is 0.00000349. The minimum atomic E-state index is -5.47. The van der Waals surface area contributed by atoms with Gasteiger partial charge in [0.05, 0.1) is 81.4 Å². The molecule has 0 bridgehead atoms. The van der Waals surface area contributed by atoms with Crippen LogP contribution in [0.4, 0.5) is 56.9 Å². The number of aryl methyl sites for hydroxylation is 2. The van der Waals surface area contributed by atoms with Gasteiger partial charge in [0, 0.05) is 10.8 Å². The quantitative estimate of drug-likeness (QED) is 0.0204. The summed E-state index contributed by atoms with van der Waals surface area (Å²) in [4.78, 5) is 62.4. The van der Waals surface area contributed by atoms with E-state index in [1.165, 1.54) is 62.8 Å². The number of carboxylic acid groups (broad SMARTS) is 2. The number of carbonyl (C=O) groups is 2. The van der Waals surface area contributed by atoms with Gasteiger partial charge in [0.25, 0.3) is 40.5 Å². The number of rotatable bonds is 19. The number of carboxylic acids is 2. The molecular formula is C68H48N16Na6O22S4. The van der Waals surface area contributed by atoms with Crippen LogP contribution >= 0.6 is 0 Å². The van der Waals surface area contributed by atoms with E-state index in [1.807, 2.05) is 0 Å². The monoisotopic (exact) mass is 1710 g/mol. The molecule has 116 heavy (non-hydrogen) atoms. The first kappa shape index (κ1) is 97.0. The molecule has 10 aromatic carbocycles. The number of aromatic amines is 6. The first-order valence-corrected chi connectivity index (χ1v) is 36.8. The Bertz CT molecular complexity index is 6570. The molecule has 0 aliphatic carbocycles. The number of aromatic carboxylic acids is 2. The fourth-order valence-electron chi connectivity index (χ4n) is 10.8. The molecule has 0 saturated heterocycles. The SMILES string of the molecule is COc1cc(-c2ccc(N=Nc3c(S(=O)(=O)O)cc4cc(S(=O)(=O)O)cc(N=c5[nH]c(=Nc6cccc(C)c6)[nH]c(=Nc6ccc([O-])c(C(=O)[O-])c6)[nH]5)c4c3[O-])c(OC)c2)ccc1N=Nc1c(S(=O)(=O)O)cc2cc(S(=O)(=O)O)cc(N=c3[nH]c(=Nc4cccc(C)c4)[nH]c(=Nc4ccc([O-])c(C(=O)[O-])c4)[nH]3)c2c1[O-].[Na+].[Na+].[Na+].[Na+].[Na+].[Na+]. The molecule has 0 spiro atoms. The van der Waals surface area contributed by atoms with Gasteiger partial charge in [-0.25, -0.2) is 30.0 Å². The number of fused-ring (bicyclic) bond motifs is 2. The summed E-state index contributed by atoms with van der Waals surface area (Å²) in [6, 6.07) is 32.0. The molecule has 562 valence electrons. The summed E-state index contributed by atoms with van der Waals surface area (Å²) >= 11 is 0. The fourth-order valence-corrected chi connectivity index (χ4v) is 13.2. The van der Waals surface area contributed by atoms with Crippen molar-refractivity contribution in [3.8, 4) is 45.6 Å². The molecule has 0 saturated carbocycles. The first-order valence-electron chi connectivity index (χ1n) is 31.0. The fraction of sp³-hybridized carbons (Fsp3) is 0.0588. The number of methoxy groups -OCH3 is 2. The van der Waals surface area contributed by atoms with Gasteiger partial charge < -0.3 is 49.7 Å². The van der Waals surface area contributed by atoms with Gasteiger partial charge >= 0.3 is 177 Å². The van der Waals surface area contributed by atoms with Crippen molar-refractivity contribution in [2.24, 2.45) is 50.4 Å². The number of H-pyrrole nitrogens is 6. The molecule has 2 aromatic heterocycles. The van der Waals surface area contributed by atoms with E-state index in [9.17, 15) is 92.1 Å². The van der Waals surface area contributed by atoms with Crippen LogP contribution < -0.4 is 251 Å². The van der Waals surface area contributed by atoms with Crippen LogP contribution in [0.5, 0.6) is 34.5 Å². The zero-order chi connectivity index (χ0) is 79.1. The smallest absolute Gasteiger partial charge is 0.872 e. The van der Waals surface area contributed by atoms with Crippen LogP contribution in [0.3, 0.4) is 0 Å². The molecule has 12 aromatic rings. The van der Waals surface area contributed by atoms with Crippen molar-refractivity contribution in [1.29, 1.82) is 0 Å². The van der Waals surface area contributed by atoms with Crippen LogP contribution in [0.25, 0.3) is 32.7 Å². The maximum atomic E-state index is 14.8. The third-order valence-electron chi connectivity index (χ3n) is 15.7. The van der Waals surface area contributed by atoms with Gasteiger partial charge in [-0.15, -0.1) is 20.5 Å². The number of ether oxygens (including phenoxy) is 2. The third kappa shape index (κ3) is 22.9. The van der Waals surface area contributed by atoms with Gasteiger partial charge in [-0.3, -0.25) is 48.1 Å². The Kier molecular flexibility index (Phi) is 33.3. The van der Waals surface area contributed by atoms with Crippen LogP contribution in [-0.4, -0.2) is 108 Å². The van der Waals surface area contributed by atoms with Crippen LogP contribution in [0.15, 0.2) is 228 Å². The molecule has 0 amide bonds. The molecule has 38 nitrogen and oxygen atoms in total. The van der Waals surface area contributed by atoms with Gasteiger partial charge in [-0.2, -0.15) is 33.7 Å². The van der Waals surface area contributed by atoms with Gasteiger partial charge in [-0.05, 0) is 167 Å². The Morgan fingerprint density at radius 3 is 0.974 bits per heavy atom. The van der Waals surface area contributed by atoms with Crippen molar-refractivity contribution in [3.63, 3.8) is 0 Å². The normalized spacial score (nSPS) is 12.7. The summed E-state index contributed by atoms with van der Waals surface area (Å²) < 4.78 is 157. The molecule has 0 radical (unpaired) electrons. The zero-order valence-electron chi connectivity index (χ0n) is 62.3. The summed E-state index contributed by atoms with van der Waals surface area (Å²) in [6.07, 6.45) is 0. The van der Waals surface area contributed by atoms with Crippen molar-refractivity contribution < 1.29 is 279 Å². The van der Waals surface area contributed by atoms with E-state index in [1.54, 1.807) is 62.4 Å².